The molecule has 38 heavy (non-hydrogen) atoms. The van der Waals surface area contributed by atoms with Gasteiger partial charge in [-0.05, 0) is 42.0 Å². The highest BCUT2D eigenvalue weighted by atomic mass is 19.1. The summed E-state index contributed by atoms with van der Waals surface area (Å²) in [7, 11) is 0. The van der Waals surface area contributed by atoms with Crippen LogP contribution in [0.25, 0.3) is 0 Å². The van der Waals surface area contributed by atoms with Gasteiger partial charge in [-0.3, -0.25) is 14.5 Å². The van der Waals surface area contributed by atoms with Crippen molar-refractivity contribution >= 4 is 11.6 Å². The largest absolute Gasteiger partial charge is 0.486 e. The molecule has 2 aliphatic heterocycles. The third-order valence-corrected chi connectivity index (χ3v) is 6.81. The SMILES string of the molecule is O=C1C[C@@H]([C@H](O)CN(Cc2ccccc2)C[C@@H](O)[C@H]2CC(=O)c3cc(F)ccc3O2)Oc2ccc(F)cc21. The van der Waals surface area contributed by atoms with E-state index in [1.165, 1.54) is 24.3 Å². The fourth-order valence-corrected chi connectivity index (χ4v) is 4.88. The summed E-state index contributed by atoms with van der Waals surface area (Å²) in [5.41, 5.74) is 1.21. The number of ether oxygens (including phenoxy) is 2. The summed E-state index contributed by atoms with van der Waals surface area (Å²) in [4.78, 5) is 27.0. The number of rotatable bonds is 8. The molecule has 3 aromatic rings. The first-order valence-electron chi connectivity index (χ1n) is 12.4. The number of benzene rings is 3. The van der Waals surface area contributed by atoms with Crippen molar-refractivity contribution in [3.05, 3.63) is 95.1 Å². The molecular weight excluding hydrogens is 496 g/mol. The van der Waals surface area contributed by atoms with Gasteiger partial charge in [0.05, 0.1) is 24.0 Å². The van der Waals surface area contributed by atoms with Crippen LogP contribution in [0.1, 0.15) is 39.1 Å². The topological polar surface area (TPSA) is 96.3 Å². The Hall–Kier alpha value is -3.66. The van der Waals surface area contributed by atoms with Crippen LogP contribution in [-0.4, -0.2) is 64.2 Å². The Morgan fingerprint density at radius 3 is 1.71 bits per heavy atom. The number of ketones is 2. The molecule has 2 aliphatic rings. The van der Waals surface area contributed by atoms with Gasteiger partial charge in [0.2, 0.25) is 0 Å². The number of halogens is 2. The van der Waals surface area contributed by atoms with E-state index < -0.39 is 36.1 Å². The molecule has 0 amide bonds. The number of fused-ring (bicyclic) bond motifs is 2. The number of aliphatic hydroxyl groups is 2. The number of Topliss-reactive ketones (excluding diaryl/α,β-unsaturated/α-hetero) is 2. The Morgan fingerprint density at radius 2 is 1.24 bits per heavy atom. The molecule has 4 atom stereocenters. The average Bonchev–Trinajstić information content (AvgIpc) is 2.89. The molecule has 0 saturated carbocycles. The lowest BCUT2D eigenvalue weighted by Gasteiger charge is -2.35. The van der Waals surface area contributed by atoms with E-state index in [2.05, 4.69) is 0 Å². The van der Waals surface area contributed by atoms with Gasteiger partial charge < -0.3 is 19.7 Å². The molecule has 7 nitrogen and oxygen atoms in total. The monoisotopic (exact) mass is 523 g/mol. The highest BCUT2D eigenvalue weighted by Crippen LogP contribution is 2.31. The van der Waals surface area contributed by atoms with Crippen molar-refractivity contribution < 1.29 is 38.1 Å². The first kappa shape index (κ1) is 26.0. The van der Waals surface area contributed by atoms with E-state index in [9.17, 15) is 28.6 Å². The maximum Gasteiger partial charge on any atom is 0.170 e. The zero-order valence-corrected chi connectivity index (χ0v) is 20.4. The lowest BCUT2D eigenvalue weighted by atomic mass is 9.96. The Labute approximate surface area is 218 Å². The molecule has 0 unspecified atom stereocenters. The van der Waals surface area contributed by atoms with Crippen molar-refractivity contribution in [1.29, 1.82) is 0 Å². The number of carbonyl (C=O) groups excluding carboxylic acids is 2. The van der Waals surface area contributed by atoms with Crippen LogP contribution in [0.3, 0.4) is 0 Å². The Morgan fingerprint density at radius 1 is 0.763 bits per heavy atom. The summed E-state index contributed by atoms with van der Waals surface area (Å²) in [6.07, 6.45) is -4.16. The summed E-state index contributed by atoms with van der Waals surface area (Å²) in [5, 5.41) is 22.1. The molecule has 0 aromatic heterocycles. The number of nitrogens with zero attached hydrogens (tertiary/aromatic N) is 1. The first-order chi connectivity index (χ1) is 18.3. The molecule has 198 valence electrons. The molecular formula is C29H27F2NO6. The molecule has 0 fully saturated rings. The molecule has 9 heteroatoms. The van der Waals surface area contributed by atoms with Crippen LogP contribution in [0, 0.1) is 11.6 Å². The summed E-state index contributed by atoms with van der Waals surface area (Å²) in [5.74, 6) is -1.31. The molecule has 2 N–H and O–H groups in total. The van der Waals surface area contributed by atoms with Crippen molar-refractivity contribution in [1.82, 2.24) is 4.90 Å². The zero-order valence-electron chi connectivity index (χ0n) is 20.4. The fraction of sp³-hybridized carbons (Fsp3) is 0.310. The maximum atomic E-state index is 13.6. The number of hydrogen-bond acceptors (Lipinski definition) is 7. The number of hydrogen-bond donors (Lipinski definition) is 2. The van der Waals surface area contributed by atoms with Crippen molar-refractivity contribution in [2.24, 2.45) is 0 Å². The first-order valence-corrected chi connectivity index (χ1v) is 12.4. The molecule has 0 spiro atoms. The summed E-state index contributed by atoms with van der Waals surface area (Å²) in [6, 6.07) is 16.8. The molecule has 5 rings (SSSR count). The van der Waals surface area contributed by atoms with Gasteiger partial charge in [0.25, 0.3) is 0 Å². The second kappa shape index (κ2) is 11.0. The highest BCUT2D eigenvalue weighted by Gasteiger charge is 2.35. The number of carbonyl (C=O) groups is 2. The van der Waals surface area contributed by atoms with Crippen molar-refractivity contribution in [2.45, 2.75) is 43.8 Å². The second-order valence-electron chi connectivity index (χ2n) is 9.66. The Balaban J connectivity index is 1.30. The third kappa shape index (κ3) is 5.75. The van der Waals surface area contributed by atoms with E-state index in [1.54, 1.807) is 4.90 Å². The minimum Gasteiger partial charge on any atom is -0.486 e. The van der Waals surface area contributed by atoms with Crippen LogP contribution in [0.4, 0.5) is 8.78 Å². The molecule has 0 aliphatic carbocycles. The van der Waals surface area contributed by atoms with E-state index in [-0.39, 0.29) is 60.1 Å². The van der Waals surface area contributed by atoms with Gasteiger partial charge in [-0.15, -0.1) is 0 Å². The van der Waals surface area contributed by atoms with Crippen molar-refractivity contribution in [3.63, 3.8) is 0 Å². The predicted octanol–water partition coefficient (Wildman–Crippen LogP) is 3.56. The van der Waals surface area contributed by atoms with E-state index in [0.717, 1.165) is 17.7 Å². The quantitative estimate of drug-likeness (QED) is 0.466. The maximum absolute atomic E-state index is 13.6. The van der Waals surface area contributed by atoms with Gasteiger partial charge >= 0.3 is 0 Å². The van der Waals surface area contributed by atoms with Gasteiger partial charge in [0.1, 0.15) is 47.5 Å². The van der Waals surface area contributed by atoms with E-state index >= 15 is 0 Å². The highest BCUT2D eigenvalue weighted by molar-refractivity contribution is 6.00. The van der Waals surface area contributed by atoms with Crippen LogP contribution in [0.2, 0.25) is 0 Å². The minimum absolute atomic E-state index is 0.0445. The van der Waals surface area contributed by atoms with Crippen LogP contribution in [0.15, 0.2) is 66.7 Å². The van der Waals surface area contributed by atoms with Crippen molar-refractivity contribution in [2.75, 3.05) is 13.1 Å². The lowest BCUT2D eigenvalue weighted by molar-refractivity contribution is -0.0260. The zero-order chi connectivity index (χ0) is 26.8. The van der Waals surface area contributed by atoms with Crippen LogP contribution >= 0.6 is 0 Å². The van der Waals surface area contributed by atoms with Crippen molar-refractivity contribution in [3.8, 4) is 11.5 Å². The average molecular weight is 524 g/mol. The smallest absolute Gasteiger partial charge is 0.170 e. The molecule has 0 saturated heterocycles. The predicted molar refractivity (Wildman–Crippen MR) is 133 cm³/mol. The van der Waals surface area contributed by atoms with Gasteiger partial charge in [0, 0.05) is 19.6 Å². The van der Waals surface area contributed by atoms with Gasteiger partial charge in [0.15, 0.2) is 11.6 Å². The fourth-order valence-electron chi connectivity index (χ4n) is 4.88. The summed E-state index contributed by atoms with van der Waals surface area (Å²) >= 11 is 0. The van der Waals surface area contributed by atoms with Gasteiger partial charge in [-0.25, -0.2) is 8.78 Å². The molecule has 0 radical (unpaired) electrons. The Kier molecular flexibility index (Phi) is 7.51. The number of aliphatic hydroxyl groups excluding tert-OH is 2. The van der Waals surface area contributed by atoms with E-state index in [0.29, 0.717) is 6.54 Å². The van der Waals surface area contributed by atoms with E-state index in [1.807, 2.05) is 30.3 Å². The molecule has 2 heterocycles. The normalized spacial score (nSPS) is 20.2. The van der Waals surface area contributed by atoms with Gasteiger partial charge in [-0.1, -0.05) is 30.3 Å². The van der Waals surface area contributed by atoms with Crippen LogP contribution in [-0.2, 0) is 6.54 Å². The van der Waals surface area contributed by atoms with Crippen LogP contribution < -0.4 is 9.47 Å². The Bertz CT molecular complexity index is 1250. The van der Waals surface area contributed by atoms with E-state index in [4.69, 9.17) is 9.47 Å². The lowest BCUT2D eigenvalue weighted by Crippen LogP contribution is -2.49. The third-order valence-electron chi connectivity index (χ3n) is 6.81. The van der Waals surface area contributed by atoms with Crippen LogP contribution in [0.5, 0.6) is 11.5 Å². The molecule has 0 bridgehead atoms. The summed E-state index contributed by atoms with van der Waals surface area (Å²) < 4.78 is 38.8. The van der Waals surface area contributed by atoms with Gasteiger partial charge in [-0.2, -0.15) is 0 Å². The minimum atomic E-state index is -1.11. The second-order valence-corrected chi connectivity index (χ2v) is 9.66. The molecule has 3 aromatic carbocycles. The standard InChI is InChI=1S/C29H27F2NO6/c30-18-6-8-26-20(10-18)22(33)12-28(37-26)24(35)15-32(14-17-4-2-1-3-5-17)16-25(36)29-13-23(34)21-11-19(31)7-9-27(21)38-29/h1-11,24-25,28-29,35-36H,12-16H2/t24-,25-,28-,29+/m1/s1. The summed E-state index contributed by atoms with van der Waals surface area (Å²) in [6.45, 7) is 0.450.